The van der Waals surface area contributed by atoms with Gasteiger partial charge in [0.2, 0.25) is 0 Å². The molecule has 0 bridgehead atoms. The monoisotopic (exact) mass is 284 g/mol. The third kappa shape index (κ3) is 2.95. The Balaban J connectivity index is 2.16. The number of hydrogen-bond acceptors (Lipinski definition) is 1. The summed E-state index contributed by atoms with van der Waals surface area (Å²) in [4.78, 5) is 0. The Labute approximate surface area is 115 Å². The molecule has 0 saturated heterocycles. The van der Waals surface area contributed by atoms with Crippen molar-refractivity contribution in [2.75, 3.05) is 0 Å². The maximum Gasteiger partial charge on any atom is 0.165 e. The van der Waals surface area contributed by atoms with Crippen LogP contribution in [0.3, 0.4) is 0 Å². The molecule has 2 aromatic rings. The summed E-state index contributed by atoms with van der Waals surface area (Å²) in [7, 11) is 0. The molecule has 0 aliphatic heterocycles. The van der Waals surface area contributed by atoms with E-state index in [0.29, 0.717) is 10.0 Å². The molecule has 0 aliphatic carbocycles. The van der Waals surface area contributed by atoms with Crippen LogP contribution in [0.1, 0.15) is 11.1 Å². The average molecular weight is 285 g/mol. The quantitative estimate of drug-likeness (QED) is 0.769. The molecule has 0 unspecified atom stereocenters. The van der Waals surface area contributed by atoms with Crippen molar-refractivity contribution in [2.45, 2.75) is 13.5 Å². The van der Waals surface area contributed by atoms with E-state index in [-0.39, 0.29) is 12.4 Å². The number of aryl methyl sites for hydroxylation is 1. The van der Waals surface area contributed by atoms with Gasteiger partial charge in [-0.3, -0.25) is 0 Å². The molecule has 94 valence electrons. The van der Waals surface area contributed by atoms with Gasteiger partial charge in [0.25, 0.3) is 0 Å². The molecule has 0 heterocycles. The Morgan fingerprint density at radius 2 is 1.94 bits per heavy atom. The number of hydrogen-bond donors (Lipinski definition) is 0. The Morgan fingerprint density at radius 1 is 1.17 bits per heavy atom. The molecule has 0 radical (unpaired) electrons. The van der Waals surface area contributed by atoms with E-state index in [4.69, 9.17) is 27.9 Å². The average Bonchev–Trinajstić information content (AvgIpc) is 2.35. The molecular formula is C14H11Cl2FO. The summed E-state index contributed by atoms with van der Waals surface area (Å²) in [5.41, 5.74) is 1.66. The minimum atomic E-state index is -0.390. The van der Waals surface area contributed by atoms with Gasteiger partial charge in [-0.2, -0.15) is 0 Å². The number of benzene rings is 2. The van der Waals surface area contributed by atoms with E-state index in [9.17, 15) is 4.39 Å². The SMILES string of the molecule is Cc1ccc(F)c(OCc2cccc(Cl)c2Cl)c1. The lowest BCUT2D eigenvalue weighted by Crippen LogP contribution is -1.98. The van der Waals surface area contributed by atoms with Crippen LogP contribution < -0.4 is 4.74 Å². The molecule has 2 aromatic carbocycles. The van der Waals surface area contributed by atoms with E-state index in [2.05, 4.69) is 0 Å². The van der Waals surface area contributed by atoms with E-state index >= 15 is 0 Å². The third-order valence-electron chi connectivity index (χ3n) is 2.50. The molecule has 1 nitrogen and oxygen atoms in total. The molecule has 18 heavy (non-hydrogen) atoms. The summed E-state index contributed by atoms with van der Waals surface area (Å²) in [5.74, 6) is -0.176. The molecule has 0 fully saturated rings. The zero-order chi connectivity index (χ0) is 13.1. The lowest BCUT2D eigenvalue weighted by atomic mass is 10.2. The molecule has 0 N–H and O–H groups in total. The summed E-state index contributed by atoms with van der Waals surface area (Å²) < 4.78 is 18.9. The minimum absolute atomic E-state index is 0.180. The first kappa shape index (κ1) is 13.2. The first-order valence-corrected chi connectivity index (χ1v) is 6.15. The topological polar surface area (TPSA) is 9.23 Å². The van der Waals surface area contributed by atoms with Gasteiger partial charge >= 0.3 is 0 Å². The van der Waals surface area contributed by atoms with Crippen LogP contribution in [0, 0.1) is 12.7 Å². The van der Waals surface area contributed by atoms with Crippen LogP contribution in [-0.2, 0) is 6.61 Å². The highest BCUT2D eigenvalue weighted by molar-refractivity contribution is 6.42. The van der Waals surface area contributed by atoms with Gasteiger partial charge in [0.15, 0.2) is 11.6 Å². The van der Waals surface area contributed by atoms with E-state index in [0.717, 1.165) is 11.1 Å². The van der Waals surface area contributed by atoms with Crippen LogP contribution >= 0.6 is 23.2 Å². The van der Waals surface area contributed by atoms with Gasteiger partial charge in [0, 0.05) is 5.56 Å². The lowest BCUT2D eigenvalue weighted by molar-refractivity contribution is 0.290. The van der Waals surface area contributed by atoms with E-state index < -0.39 is 5.82 Å². The van der Waals surface area contributed by atoms with Crippen LogP contribution in [0.25, 0.3) is 0 Å². The van der Waals surface area contributed by atoms with Crippen LogP contribution in [0.5, 0.6) is 5.75 Å². The molecule has 0 atom stereocenters. The third-order valence-corrected chi connectivity index (χ3v) is 3.36. The van der Waals surface area contributed by atoms with Gasteiger partial charge in [0.1, 0.15) is 6.61 Å². The van der Waals surface area contributed by atoms with Crippen LogP contribution in [0.15, 0.2) is 36.4 Å². The van der Waals surface area contributed by atoms with Gasteiger partial charge in [-0.15, -0.1) is 0 Å². The van der Waals surface area contributed by atoms with Crippen molar-refractivity contribution in [2.24, 2.45) is 0 Å². The molecule has 0 spiro atoms. The molecule has 0 saturated carbocycles. The fourth-order valence-electron chi connectivity index (χ4n) is 1.54. The van der Waals surface area contributed by atoms with Crippen molar-refractivity contribution in [3.63, 3.8) is 0 Å². The summed E-state index contributed by atoms with van der Waals surface area (Å²) in [6.45, 7) is 2.05. The Bertz CT molecular complexity index is 568. The highest BCUT2D eigenvalue weighted by atomic mass is 35.5. The normalized spacial score (nSPS) is 10.4. The zero-order valence-corrected chi connectivity index (χ0v) is 11.2. The standard InChI is InChI=1S/C14H11Cl2FO/c1-9-5-6-12(17)13(7-9)18-8-10-3-2-4-11(15)14(10)16/h2-7H,8H2,1H3. The summed E-state index contributed by atoms with van der Waals surface area (Å²) in [6, 6.07) is 9.98. The van der Waals surface area contributed by atoms with E-state index in [1.807, 2.05) is 6.92 Å². The smallest absolute Gasteiger partial charge is 0.165 e. The maximum absolute atomic E-state index is 13.5. The van der Waals surface area contributed by atoms with Gasteiger partial charge in [0.05, 0.1) is 10.0 Å². The highest BCUT2D eigenvalue weighted by Crippen LogP contribution is 2.27. The largest absolute Gasteiger partial charge is 0.486 e. The molecule has 0 amide bonds. The van der Waals surface area contributed by atoms with Crippen LogP contribution in [0.4, 0.5) is 4.39 Å². The second-order valence-electron chi connectivity index (χ2n) is 3.94. The van der Waals surface area contributed by atoms with Crippen molar-refractivity contribution >= 4 is 23.2 Å². The van der Waals surface area contributed by atoms with Gasteiger partial charge < -0.3 is 4.74 Å². The van der Waals surface area contributed by atoms with Crippen molar-refractivity contribution < 1.29 is 9.13 Å². The summed E-state index contributed by atoms with van der Waals surface area (Å²) in [6.07, 6.45) is 0. The first-order valence-electron chi connectivity index (χ1n) is 5.40. The van der Waals surface area contributed by atoms with Gasteiger partial charge in [-0.1, -0.05) is 41.4 Å². The number of halogens is 3. The molecule has 0 aromatic heterocycles. The zero-order valence-electron chi connectivity index (χ0n) is 9.71. The molecule has 0 aliphatic rings. The summed E-state index contributed by atoms with van der Waals surface area (Å²) >= 11 is 11.9. The number of ether oxygens (including phenoxy) is 1. The predicted octanol–water partition coefficient (Wildman–Crippen LogP) is 5.02. The molecular weight excluding hydrogens is 274 g/mol. The molecule has 2 rings (SSSR count). The van der Waals surface area contributed by atoms with E-state index in [1.165, 1.54) is 6.07 Å². The Kier molecular flexibility index (Phi) is 4.10. The van der Waals surface area contributed by atoms with Crippen LogP contribution in [0.2, 0.25) is 10.0 Å². The van der Waals surface area contributed by atoms with Gasteiger partial charge in [-0.05, 0) is 30.7 Å². The van der Waals surface area contributed by atoms with E-state index in [1.54, 1.807) is 30.3 Å². The van der Waals surface area contributed by atoms with Crippen LogP contribution in [-0.4, -0.2) is 0 Å². The second-order valence-corrected chi connectivity index (χ2v) is 4.72. The minimum Gasteiger partial charge on any atom is -0.486 e. The lowest BCUT2D eigenvalue weighted by Gasteiger charge is -2.10. The highest BCUT2D eigenvalue weighted by Gasteiger charge is 2.07. The Hall–Kier alpha value is -1.25. The van der Waals surface area contributed by atoms with Crippen molar-refractivity contribution in [1.29, 1.82) is 0 Å². The van der Waals surface area contributed by atoms with Crippen molar-refractivity contribution in [3.05, 3.63) is 63.4 Å². The second kappa shape index (κ2) is 5.59. The van der Waals surface area contributed by atoms with Crippen molar-refractivity contribution in [3.8, 4) is 5.75 Å². The number of rotatable bonds is 3. The predicted molar refractivity (Wildman–Crippen MR) is 71.9 cm³/mol. The fourth-order valence-corrected chi connectivity index (χ4v) is 1.91. The molecule has 4 heteroatoms. The summed E-state index contributed by atoms with van der Waals surface area (Å²) in [5, 5.41) is 0.898. The fraction of sp³-hybridized carbons (Fsp3) is 0.143. The first-order chi connectivity index (χ1) is 8.58. The Morgan fingerprint density at radius 3 is 2.72 bits per heavy atom. The van der Waals surface area contributed by atoms with Crippen molar-refractivity contribution in [1.82, 2.24) is 0 Å². The maximum atomic E-state index is 13.5. The van der Waals surface area contributed by atoms with Gasteiger partial charge in [-0.25, -0.2) is 4.39 Å².